The smallest absolute Gasteiger partial charge is 0.227 e. The molecule has 122 valence electrons. The van der Waals surface area contributed by atoms with Gasteiger partial charge in [0.15, 0.2) is 0 Å². The van der Waals surface area contributed by atoms with Crippen molar-refractivity contribution in [3.05, 3.63) is 47.9 Å². The molecule has 0 saturated heterocycles. The summed E-state index contributed by atoms with van der Waals surface area (Å²) in [7, 11) is 0. The van der Waals surface area contributed by atoms with E-state index in [1.807, 2.05) is 45.0 Å². The maximum Gasteiger partial charge on any atom is 0.227 e. The summed E-state index contributed by atoms with van der Waals surface area (Å²) in [6, 6.07) is 7.88. The minimum Gasteiger partial charge on any atom is -0.339 e. The Balaban J connectivity index is 1.98. The van der Waals surface area contributed by atoms with E-state index in [0.29, 0.717) is 37.6 Å². The molecule has 0 unspecified atom stereocenters. The monoisotopic (exact) mass is 313 g/mol. The van der Waals surface area contributed by atoms with Gasteiger partial charge in [-0.05, 0) is 26.3 Å². The van der Waals surface area contributed by atoms with Crippen LogP contribution in [0.5, 0.6) is 0 Å². The molecule has 0 bridgehead atoms. The van der Waals surface area contributed by atoms with Gasteiger partial charge in [0.25, 0.3) is 0 Å². The maximum absolute atomic E-state index is 12.2. The maximum atomic E-state index is 12.2. The van der Waals surface area contributed by atoms with Crippen molar-refractivity contribution >= 4 is 5.91 Å². The zero-order chi connectivity index (χ0) is 16.8. The predicted octanol–water partition coefficient (Wildman–Crippen LogP) is 3.40. The van der Waals surface area contributed by atoms with E-state index in [0.717, 1.165) is 16.7 Å². The third kappa shape index (κ3) is 4.52. The molecule has 5 heteroatoms. The number of amides is 1. The average Bonchev–Trinajstić information content (AvgIpc) is 2.99. The van der Waals surface area contributed by atoms with Crippen molar-refractivity contribution in [3.8, 4) is 11.4 Å². The van der Waals surface area contributed by atoms with Crippen molar-refractivity contribution in [3.63, 3.8) is 0 Å². The van der Waals surface area contributed by atoms with Crippen LogP contribution in [0.1, 0.15) is 31.7 Å². The van der Waals surface area contributed by atoms with Crippen molar-refractivity contribution in [2.24, 2.45) is 0 Å². The molecule has 0 aliphatic carbocycles. The van der Waals surface area contributed by atoms with Crippen molar-refractivity contribution in [1.82, 2.24) is 15.0 Å². The lowest BCUT2D eigenvalue weighted by molar-refractivity contribution is -0.130. The second-order valence-electron chi connectivity index (χ2n) is 5.69. The summed E-state index contributed by atoms with van der Waals surface area (Å²) in [5, 5.41) is 4.01. The second-order valence-corrected chi connectivity index (χ2v) is 5.69. The van der Waals surface area contributed by atoms with E-state index in [9.17, 15) is 4.79 Å². The van der Waals surface area contributed by atoms with E-state index in [1.165, 1.54) is 0 Å². The summed E-state index contributed by atoms with van der Waals surface area (Å²) in [6.07, 6.45) is 0.806. The largest absolute Gasteiger partial charge is 0.339 e. The number of aromatic nitrogens is 2. The molecular formula is C18H23N3O2. The molecule has 2 aromatic rings. The number of hydrogen-bond acceptors (Lipinski definition) is 4. The molecular weight excluding hydrogens is 290 g/mol. The SMILES string of the molecule is C=C(C)CN(CC)C(=O)CCc1nc(-c2ccccc2C)no1. The van der Waals surface area contributed by atoms with Crippen LogP contribution in [0.2, 0.25) is 0 Å². The van der Waals surface area contributed by atoms with Gasteiger partial charge in [-0.25, -0.2) is 0 Å². The summed E-state index contributed by atoms with van der Waals surface area (Å²) < 4.78 is 5.27. The van der Waals surface area contributed by atoms with Crippen molar-refractivity contribution in [2.45, 2.75) is 33.6 Å². The molecule has 1 amide bonds. The first-order valence-corrected chi connectivity index (χ1v) is 7.82. The normalized spacial score (nSPS) is 10.6. The number of hydrogen-bond donors (Lipinski definition) is 0. The number of carbonyl (C=O) groups excluding carboxylic acids is 1. The Labute approximate surface area is 137 Å². The summed E-state index contributed by atoms with van der Waals surface area (Å²) in [6.45, 7) is 11.0. The fourth-order valence-corrected chi connectivity index (χ4v) is 2.36. The Kier molecular flexibility index (Phi) is 5.68. The third-order valence-corrected chi connectivity index (χ3v) is 3.60. The van der Waals surface area contributed by atoms with Crippen LogP contribution in [0.15, 0.2) is 40.9 Å². The van der Waals surface area contributed by atoms with Crippen LogP contribution in [0.3, 0.4) is 0 Å². The van der Waals surface area contributed by atoms with Crippen LogP contribution >= 0.6 is 0 Å². The van der Waals surface area contributed by atoms with Gasteiger partial charge in [0.1, 0.15) is 0 Å². The highest BCUT2D eigenvalue weighted by Gasteiger charge is 2.15. The first-order valence-electron chi connectivity index (χ1n) is 7.82. The summed E-state index contributed by atoms with van der Waals surface area (Å²) in [5.74, 6) is 1.13. The van der Waals surface area contributed by atoms with E-state index in [1.54, 1.807) is 4.90 Å². The minimum absolute atomic E-state index is 0.0751. The molecule has 0 N–H and O–H groups in total. The number of rotatable bonds is 7. The Morgan fingerprint density at radius 2 is 2.09 bits per heavy atom. The summed E-state index contributed by atoms with van der Waals surface area (Å²) in [5.41, 5.74) is 3.01. The molecule has 0 saturated carbocycles. The molecule has 0 atom stereocenters. The van der Waals surface area contributed by atoms with Gasteiger partial charge in [0.2, 0.25) is 17.6 Å². The topological polar surface area (TPSA) is 59.2 Å². The predicted molar refractivity (Wildman–Crippen MR) is 89.9 cm³/mol. The Morgan fingerprint density at radius 1 is 1.35 bits per heavy atom. The van der Waals surface area contributed by atoms with Gasteiger partial charge >= 0.3 is 0 Å². The molecule has 5 nitrogen and oxygen atoms in total. The molecule has 1 aromatic carbocycles. The molecule has 1 heterocycles. The fourth-order valence-electron chi connectivity index (χ4n) is 2.36. The molecule has 23 heavy (non-hydrogen) atoms. The van der Waals surface area contributed by atoms with Crippen molar-refractivity contribution in [2.75, 3.05) is 13.1 Å². The van der Waals surface area contributed by atoms with Gasteiger partial charge in [0.05, 0.1) is 0 Å². The van der Waals surface area contributed by atoms with Crippen LogP contribution in [-0.4, -0.2) is 34.0 Å². The van der Waals surface area contributed by atoms with Gasteiger partial charge in [-0.15, -0.1) is 0 Å². The zero-order valence-corrected chi connectivity index (χ0v) is 14.0. The van der Waals surface area contributed by atoms with Gasteiger partial charge in [-0.2, -0.15) is 4.98 Å². The lowest BCUT2D eigenvalue weighted by Crippen LogP contribution is -2.32. The summed E-state index contributed by atoms with van der Waals surface area (Å²) in [4.78, 5) is 18.4. The molecule has 0 aliphatic rings. The highest BCUT2D eigenvalue weighted by atomic mass is 16.5. The van der Waals surface area contributed by atoms with Crippen LogP contribution in [-0.2, 0) is 11.2 Å². The number of nitrogens with zero attached hydrogens (tertiary/aromatic N) is 3. The number of carbonyl (C=O) groups is 1. The van der Waals surface area contributed by atoms with E-state index in [2.05, 4.69) is 16.7 Å². The number of likely N-dealkylation sites (N-methyl/N-ethyl adjacent to an activating group) is 1. The van der Waals surface area contributed by atoms with E-state index in [-0.39, 0.29) is 5.91 Å². The molecule has 2 rings (SSSR count). The molecule has 0 aliphatic heterocycles. The van der Waals surface area contributed by atoms with Crippen molar-refractivity contribution < 1.29 is 9.32 Å². The zero-order valence-electron chi connectivity index (χ0n) is 14.0. The van der Waals surface area contributed by atoms with E-state index < -0.39 is 0 Å². The van der Waals surface area contributed by atoms with Crippen LogP contribution in [0, 0.1) is 6.92 Å². The minimum atomic E-state index is 0.0751. The van der Waals surface area contributed by atoms with E-state index >= 15 is 0 Å². The highest BCUT2D eigenvalue weighted by molar-refractivity contribution is 5.76. The molecule has 1 aromatic heterocycles. The van der Waals surface area contributed by atoms with Gasteiger partial charge in [0, 0.05) is 31.5 Å². The van der Waals surface area contributed by atoms with E-state index in [4.69, 9.17) is 4.52 Å². The average molecular weight is 313 g/mol. The standard InChI is InChI=1S/C18H23N3O2/c1-5-21(12-13(2)3)17(22)11-10-16-19-18(20-23-16)15-9-7-6-8-14(15)4/h6-9H,2,5,10-12H2,1,3-4H3. The lowest BCUT2D eigenvalue weighted by atomic mass is 10.1. The van der Waals surface area contributed by atoms with Gasteiger partial charge < -0.3 is 9.42 Å². The number of benzene rings is 1. The fraction of sp³-hybridized carbons (Fsp3) is 0.389. The van der Waals surface area contributed by atoms with Crippen LogP contribution < -0.4 is 0 Å². The Morgan fingerprint density at radius 3 is 2.74 bits per heavy atom. The first kappa shape index (κ1) is 16.9. The molecule has 0 radical (unpaired) electrons. The third-order valence-electron chi connectivity index (χ3n) is 3.60. The Hall–Kier alpha value is -2.43. The van der Waals surface area contributed by atoms with Crippen LogP contribution in [0.4, 0.5) is 0 Å². The first-order chi connectivity index (χ1) is 11.0. The molecule has 0 fully saturated rings. The number of aryl methyl sites for hydroxylation is 2. The van der Waals surface area contributed by atoms with Gasteiger partial charge in [-0.3, -0.25) is 4.79 Å². The highest BCUT2D eigenvalue weighted by Crippen LogP contribution is 2.20. The van der Waals surface area contributed by atoms with Gasteiger partial charge in [-0.1, -0.05) is 41.6 Å². The second kappa shape index (κ2) is 7.72. The summed E-state index contributed by atoms with van der Waals surface area (Å²) >= 11 is 0. The van der Waals surface area contributed by atoms with Crippen LogP contribution in [0.25, 0.3) is 11.4 Å². The Bertz CT molecular complexity index is 691. The quantitative estimate of drug-likeness (QED) is 0.735. The lowest BCUT2D eigenvalue weighted by Gasteiger charge is -2.20. The van der Waals surface area contributed by atoms with Crippen molar-refractivity contribution in [1.29, 1.82) is 0 Å². The molecule has 0 spiro atoms.